The molecular formula is C27H24Br2N2O3S. The minimum absolute atomic E-state index is 0.186. The van der Waals surface area contributed by atoms with Gasteiger partial charge in [-0.3, -0.25) is 4.79 Å². The maximum atomic E-state index is 12.6. The van der Waals surface area contributed by atoms with E-state index in [9.17, 15) is 4.79 Å². The Balaban J connectivity index is 1.55. The maximum absolute atomic E-state index is 12.6. The average molecular weight is 616 g/mol. The van der Waals surface area contributed by atoms with E-state index < -0.39 is 0 Å². The third kappa shape index (κ3) is 6.18. The molecule has 0 aliphatic carbocycles. The number of carbonyl (C=O) groups excluding carboxylic acids is 1. The van der Waals surface area contributed by atoms with Crippen molar-refractivity contribution in [2.75, 3.05) is 7.11 Å². The summed E-state index contributed by atoms with van der Waals surface area (Å²) in [5.41, 5.74) is 6.05. The Labute approximate surface area is 226 Å². The summed E-state index contributed by atoms with van der Waals surface area (Å²) in [4.78, 5) is 17.8. The first-order valence-electron chi connectivity index (χ1n) is 10.9. The predicted octanol–water partition coefficient (Wildman–Crippen LogP) is 7.62. The number of nitrogens with one attached hydrogen (secondary N) is 1. The third-order valence-corrected chi connectivity index (χ3v) is 8.07. The Morgan fingerprint density at radius 3 is 2.49 bits per heavy atom. The number of rotatable bonds is 6. The van der Waals surface area contributed by atoms with Crippen LogP contribution in [0.15, 0.2) is 67.4 Å². The van der Waals surface area contributed by atoms with E-state index in [1.165, 1.54) is 17.3 Å². The van der Waals surface area contributed by atoms with Crippen molar-refractivity contribution < 1.29 is 14.3 Å². The fourth-order valence-electron chi connectivity index (χ4n) is 3.66. The molecule has 0 atom stereocenters. The number of aryl methyl sites for hydroxylation is 3. The van der Waals surface area contributed by atoms with Crippen LogP contribution in [0.3, 0.4) is 0 Å². The molecule has 0 radical (unpaired) electrons. The van der Waals surface area contributed by atoms with Crippen LogP contribution in [0.5, 0.6) is 11.5 Å². The second kappa shape index (κ2) is 11.0. The van der Waals surface area contributed by atoms with E-state index in [0.29, 0.717) is 28.2 Å². The number of carbonyl (C=O) groups is 1. The lowest BCUT2D eigenvalue weighted by Crippen LogP contribution is -2.19. The molecule has 4 rings (SSSR count). The van der Waals surface area contributed by atoms with Gasteiger partial charge in [0.15, 0.2) is 16.7 Å². The van der Waals surface area contributed by atoms with Gasteiger partial charge in [0, 0.05) is 4.47 Å². The molecule has 3 aromatic rings. The van der Waals surface area contributed by atoms with Gasteiger partial charge in [0.25, 0.3) is 5.91 Å². The normalized spacial score (nSPS) is 15.5. The summed E-state index contributed by atoms with van der Waals surface area (Å²) in [6.07, 6.45) is 1.82. The highest BCUT2D eigenvalue weighted by molar-refractivity contribution is 9.10. The van der Waals surface area contributed by atoms with Gasteiger partial charge in [-0.05, 0) is 101 Å². The number of hydrogen-bond donors (Lipinski definition) is 1. The van der Waals surface area contributed by atoms with Crippen molar-refractivity contribution in [2.45, 2.75) is 27.4 Å². The lowest BCUT2D eigenvalue weighted by atomic mass is 10.1. The molecular weight excluding hydrogens is 592 g/mol. The Bertz CT molecular complexity index is 1350. The van der Waals surface area contributed by atoms with Crippen LogP contribution in [0.2, 0.25) is 0 Å². The molecule has 1 N–H and O–H groups in total. The minimum Gasteiger partial charge on any atom is -0.493 e. The molecule has 1 saturated heterocycles. The van der Waals surface area contributed by atoms with E-state index in [4.69, 9.17) is 9.47 Å². The molecule has 1 aliphatic rings. The van der Waals surface area contributed by atoms with Gasteiger partial charge in [-0.25, -0.2) is 4.99 Å². The third-order valence-electron chi connectivity index (χ3n) is 5.32. The largest absolute Gasteiger partial charge is 0.493 e. The number of aliphatic imine (C=N–C) groups is 1. The summed E-state index contributed by atoms with van der Waals surface area (Å²) >= 11 is 8.48. The fraction of sp³-hybridized carbons (Fsp3) is 0.185. The van der Waals surface area contributed by atoms with E-state index in [2.05, 4.69) is 61.2 Å². The van der Waals surface area contributed by atoms with Gasteiger partial charge in [-0.1, -0.05) is 45.8 Å². The number of benzene rings is 3. The number of amidine groups is 1. The molecule has 1 fully saturated rings. The number of halogens is 2. The van der Waals surface area contributed by atoms with Crippen molar-refractivity contribution in [1.29, 1.82) is 0 Å². The molecule has 35 heavy (non-hydrogen) atoms. The molecule has 5 nitrogen and oxygen atoms in total. The van der Waals surface area contributed by atoms with Crippen molar-refractivity contribution in [3.63, 3.8) is 0 Å². The second-order valence-electron chi connectivity index (χ2n) is 8.19. The van der Waals surface area contributed by atoms with E-state index in [1.807, 2.05) is 56.3 Å². The van der Waals surface area contributed by atoms with Crippen LogP contribution in [0, 0.1) is 20.8 Å². The maximum Gasteiger partial charge on any atom is 0.264 e. The SMILES string of the molecule is COc1cc(/C=C2\SC(=Nc3cc(C)c(Br)c(C)c3)NC2=O)cc(Br)c1OCc1cccc(C)c1. The zero-order valence-corrected chi connectivity index (χ0v) is 23.7. The molecule has 180 valence electrons. The van der Waals surface area contributed by atoms with Gasteiger partial charge in [0.1, 0.15) is 6.61 Å². The molecule has 1 heterocycles. The lowest BCUT2D eigenvalue weighted by molar-refractivity contribution is -0.115. The molecule has 8 heteroatoms. The lowest BCUT2D eigenvalue weighted by Gasteiger charge is -2.14. The predicted molar refractivity (Wildman–Crippen MR) is 151 cm³/mol. The highest BCUT2D eigenvalue weighted by atomic mass is 79.9. The minimum atomic E-state index is -0.186. The van der Waals surface area contributed by atoms with Crippen LogP contribution < -0.4 is 14.8 Å². The molecule has 0 aromatic heterocycles. The zero-order valence-electron chi connectivity index (χ0n) is 19.7. The Morgan fingerprint density at radius 2 is 1.80 bits per heavy atom. The van der Waals surface area contributed by atoms with Crippen molar-refractivity contribution in [3.05, 3.63) is 90.2 Å². The molecule has 0 spiro atoms. The van der Waals surface area contributed by atoms with Crippen molar-refractivity contribution in [2.24, 2.45) is 4.99 Å². The smallest absolute Gasteiger partial charge is 0.264 e. The summed E-state index contributed by atoms with van der Waals surface area (Å²) < 4.78 is 13.5. The molecule has 0 saturated carbocycles. The standard InChI is InChI=1S/C27H24Br2N2O3S/c1-15-6-5-7-18(8-15)14-34-25-21(28)11-19(12-22(25)33-4)13-23-26(32)31-27(35-23)30-20-9-16(2)24(29)17(3)10-20/h5-13H,14H2,1-4H3,(H,30,31,32)/b23-13-. The summed E-state index contributed by atoms with van der Waals surface area (Å²) in [5.74, 6) is 1.01. The van der Waals surface area contributed by atoms with Crippen LogP contribution in [-0.4, -0.2) is 18.2 Å². The summed E-state index contributed by atoms with van der Waals surface area (Å²) in [6, 6.07) is 15.9. The Morgan fingerprint density at radius 1 is 1.06 bits per heavy atom. The Kier molecular flexibility index (Phi) is 8.04. The number of thioether (sulfide) groups is 1. The van der Waals surface area contributed by atoms with Gasteiger partial charge in [-0.2, -0.15) is 0 Å². The van der Waals surface area contributed by atoms with Crippen molar-refractivity contribution in [3.8, 4) is 11.5 Å². The highest BCUT2D eigenvalue weighted by Gasteiger charge is 2.24. The summed E-state index contributed by atoms with van der Waals surface area (Å²) in [6.45, 7) is 6.51. The molecule has 1 aliphatic heterocycles. The van der Waals surface area contributed by atoms with Gasteiger partial charge in [0.05, 0.1) is 22.2 Å². The van der Waals surface area contributed by atoms with Crippen LogP contribution in [0.1, 0.15) is 27.8 Å². The van der Waals surface area contributed by atoms with Gasteiger partial charge in [-0.15, -0.1) is 0 Å². The quantitative estimate of drug-likeness (QED) is 0.290. The zero-order chi connectivity index (χ0) is 25.1. The fourth-order valence-corrected chi connectivity index (χ4v) is 5.30. The molecule has 1 amide bonds. The Hall–Kier alpha value is -2.55. The van der Waals surface area contributed by atoms with Gasteiger partial charge < -0.3 is 14.8 Å². The van der Waals surface area contributed by atoms with E-state index >= 15 is 0 Å². The van der Waals surface area contributed by atoms with Gasteiger partial charge >= 0.3 is 0 Å². The van der Waals surface area contributed by atoms with E-state index in [0.717, 1.165) is 36.9 Å². The second-order valence-corrected chi connectivity index (χ2v) is 10.9. The van der Waals surface area contributed by atoms with Crippen LogP contribution in [0.4, 0.5) is 5.69 Å². The van der Waals surface area contributed by atoms with Gasteiger partial charge in [0.2, 0.25) is 0 Å². The van der Waals surface area contributed by atoms with Crippen LogP contribution >= 0.6 is 43.6 Å². The molecule has 0 bridgehead atoms. The number of hydrogen-bond acceptors (Lipinski definition) is 5. The van der Waals surface area contributed by atoms with Crippen molar-refractivity contribution in [1.82, 2.24) is 5.32 Å². The first-order chi connectivity index (χ1) is 16.7. The van der Waals surface area contributed by atoms with Crippen molar-refractivity contribution >= 4 is 66.5 Å². The number of methoxy groups -OCH3 is 1. The molecule has 3 aromatic carbocycles. The highest BCUT2D eigenvalue weighted by Crippen LogP contribution is 2.39. The monoisotopic (exact) mass is 614 g/mol. The topological polar surface area (TPSA) is 59.9 Å². The first-order valence-corrected chi connectivity index (χ1v) is 13.3. The average Bonchev–Trinajstić information content (AvgIpc) is 3.14. The first kappa shape index (κ1) is 25.5. The van der Waals surface area contributed by atoms with Crippen LogP contribution in [0.25, 0.3) is 6.08 Å². The number of ether oxygens (including phenoxy) is 2. The summed E-state index contributed by atoms with van der Waals surface area (Å²) in [7, 11) is 1.60. The van der Waals surface area contributed by atoms with E-state index in [-0.39, 0.29) is 5.91 Å². The number of nitrogens with zero attached hydrogens (tertiary/aromatic N) is 1. The van der Waals surface area contributed by atoms with E-state index in [1.54, 1.807) is 7.11 Å². The number of amides is 1. The molecule has 0 unspecified atom stereocenters. The van der Waals surface area contributed by atoms with Crippen LogP contribution in [-0.2, 0) is 11.4 Å². The summed E-state index contributed by atoms with van der Waals surface area (Å²) in [5, 5.41) is 3.40.